The zero-order chi connectivity index (χ0) is 12.6. The van der Waals surface area contributed by atoms with Crippen molar-refractivity contribution in [3.63, 3.8) is 0 Å². The first-order valence-electron chi connectivity index (χ1n) is 5.93. The summed E-state index contributed by atoms with van der Waals surface area (Å²) in [7, 11) is 0. The maximum atomic E-state index is 11.3. The standard InChI is InChI=1S/C12H23NO3/c1-9(2)6-7-11(14)13-8-4-5-10(3)12(15)16/h9-10H,4-8H2,1-3H3,(H,13,14)(H,15,16). The van der Waals surface area contributed by atoms with Crippen LogP contribution >= 0.6 is 0 Å². The van der Waals surface area contributed by atoms with Crippen molar-refractivity contribution in [1.82, 2.24) is 5.32 Å². The Morgan fingerprint density at radius 2 is 1.81 bits per heavy atom. The lowest BCUT2D eigenvalue weighted by atomic mass is 10.1. The van der Waals surface area contributed by atoms with E-state index in [0.29, 0.717) is 25.3 Å². The minimum absolute atomic E-state index is 0.0664. The second-order valence-corrected chi connectivity index (χ2v) is 4.66. The summed E-state index contributed by atoms with van der Waals surface area (Å²) in [5.41, 5.74) is 0. The Bertz CT molecular complexity index is 226. The van der Waals surface area contributed by atoms with Crippen LogP contribution in [0.1, 0.15) is 46.5 Å². The highest BCUT2D eigenvalue weighted by molar-refractivity contribution is 5.75. The van der Waals surface area contributed by atoms with E-state index in [2.05, 4.69) is 19.2 Å². The molecule has 0 aromatic heterocycles. The summed E-state index contributed by atoms with van der Waals surface area (Å²) >= 11 is 0. The minimum atomic E-state index is -0.772. The van der Waals surface area contributed by atoms with Gasteiger partial charge in [0.25, 0.3) is 0 Å². The Hall–Kier alpha value is -1.06. The predicted molar refractivity (Wildman–Crippen MR) is 63.1 cm³/mol. The van der Waals surface area contributed by atoms with Gasteiger partial charge in [0.05, 0.1) is 5.92 Å². The number of carbonyl (C=O) groups excluding carboxylic acids is 1. The van der Waals surface area contributed by atoms with Gasteiger partial charge in [-0.3, -0.25) is 9.59 Å². The summed E-state index contributed by atoms with van der Waals surface area (Å²) in [5.74, 6) is -0.492. The Morgan fingerprint density at radius 3 is 2.31 bits per heavy atom. The lowest BCUT2D eigenvalue weighted by molar-refractivity contribution is -0.141. The highest BCUT2D eigenvalue weighted by Gasteiger charge is 2.10. The molecule has 94 valence electrons. The molecule has 4 nitrogen and oxygen atoms in total. The Morgan fingerprint density at radius 1 is 1.19 bits per heavy atom. The maximum Gasteiger partial charge on any atom is 0.306 e. The van der Waals surface area contributed by atoms with Gasteiger partial charge >= 0.3 is 5.97 Å². The summed E-state index contributed by atoms with van der Waals surface area (Å²) in [6.07, 6.45) is 2.80. The van der Waals surface area contributed by atoms with E-state index >= 15 is 0 Å². The third-order valence-electron chi connectivity index (χ3n) is 2.51. The van der Waals surface area contributed by atoms with Gasteiger partial charge in [-0.1, -0.05) is 20.8 Å². The van der Waals surface area contributed by atoms with Crippen molar-refractivity contribution < 1.29 is 14.7 Å². The first-order valence-corrected chi connectivity index (χ1v) is 5.93. The Kier molecular flexibility index (Phi) is 7.60. The van der Waals surface area contributed by atoms with E-state index in [4.69, 9.17) is 5.11 Å². The normalized spacial score (nSPS) is 12.5. The molecule has 4 heteroatoms. The van der Waals surface area contributed by atoms with Crippen molar-refractivity contribution in [2.45, 2.75) is 46.5 Å². The molecular weight excluding hydrogens is 206 g/mol. The SMILES string of the molecule is CC(C)CCC(=O)NCCCC(C)C(=O)O. The average molecular weight is 229 g/mol. The lowest BCUT2D eigenvalue weighted by Gasteiger charge is -2.08. The molecule has 2 N–H and O–H groups in total. The molecule has 0 saturated heterocycles. The van der Waals surface area contributed by atoms with E-state index in [1.54, 1.807) is 6.92 Å². The van der Waals surface area contributed by atoms with Gasteiger partial charge in [0.1, 0.15) is 0 Å². The molecule has 16 heavy (non-hydrogen) atoms. The first-order chi connectivity index (χ1) is 7.43. The molecule has 0 spiro atoms. The highest BCUT2D eigenvalue weighted by atomic mass is 16.4. The molecule has 0 radical (unpaired) electrons. The van der Waals surface area contributed by atoms with Gasteiger partial charge in [0.2, 0.25) is 5.91 Å². The van der Waals surface area contributed by atoms with Crippen LogP contribution in [-0.2, 0) is 9.59 Å². The number of amides is 1. The van der Waals surface area contributed by atoms with Crippen molar-refractivity contribution in [3.8, 4) is 0 Å². The van der Waals surface area contributed by atoms with Crippen LogP contribution in [0.5, 0.6) is 0 Å². The zero-order valence-corrected chi connectivity index (χ0v) is 10.5. The lowest BCUT2D eigenvalue weighted by Crippen LogP contribution is -2.25. The van der Waals surface area contributed by atoms with Crippen LogP contribution in [0.15, 0.2) is 0 Å². The smallest absolute Gasteiger partial charge is 0.306 e. The van der Waals surface area contributed by atoms with Gasteiger partial charge in [-0.25, -0.2) is 0 Å². The number of carboxylic acids is 1. The molecule has 0 aliphatic heterocycles. The average Bonchev–Trinajstić information content (AvgIpc) is 2.20. The molecule has 0 fully saturated rings. The molecule has 1 atom stereocenters. The van der Waals surface area contributed by atoms with Crippen molar-refractivity contribution in [2.24, 2.45) is 11.8 Å². The number of nitrogens with one attached hydrogen (secondary N) is 1. The van der Waals surface area contributed by atoms with Gasteiger partial charge in [-0.05, 0) is 25.2 Å². The largest absolute Gasteiger partial charge is 0.481 e. The fraction of sp³-hybridized carbons (Fsp3) is 0.833. The van der Waals surface area contributed by atoms with Gasteiger partial charge in [0.15, 0.2) is 0 Å². The topological polar surface area (TPSA) is 66.4 Å². The molecular formula is C12H23NO3. The van der Waals surface area contributed by atoms with Crippen LogP contribution < -0.4 is 5.32 Å². The van der Waals surface area contributed by atoms with Crippen LogP contribution in [0.2, 0.25) is 0 Å². The fourth-order valence-corrected chi connectivity index (χ4v) is 1.27. The number of hydrogen-bond donors (Lipinski definition) is 2. The first kappa shape index (κ1) is 14.9. The molecule has 0 aliphatic carbocycles. The molecule has 0 aromatic carbocycles. The van der Waals surface area contributed by atoms with Crippen molar-refractivity contribution in [1.29, 1.82) is 0 Å². The minimum Gasteiger partial charge on any atom is -0.481 e. The van der Waals surface area contributed by atoms with Gasteiger partial charge in [0, 0.05) is 13.0 Å². The monoisotopic (exact) mass is 229 g/mol. The van der Waals surface area contributed by atoms with E-state index in [1.807, 2.05) is 0 Å². The van der Waals surface area contributed by atoms with Crippen molar-refractivity contribution >= 4 is 11.9 Å². The van der Waals surface area contributed by atoms with Crippen LogP contribution in [0.25, 0.3) is 0 Å². The van der Waals surface area contributed by atoms with Gasteiger partial charge in [-0.2, -0.15) is 0 Å². The molecule has 0 rings (SSSR count). The molecule has 0 aliphatic rings. The van der Waals surface area contributed by atoms with Crippen LogP contribution in [-0.4, -0.2) is 23.5 Å². The quantitative estimate of drug-likeness (QED) is 0.626. The van der Waals surface area contributed by atoms with E-state index < -0.39 is 5.97 Å². The number of rotatable bonds is 8. The highest BCUT2D eigenvalue weighted by Crippen LogP contribution is 2.05. The Balaban J connectivity index is 3.44. The molecule has 0 saturated carbocycles. The van der Waals surface area contributed by atoms with Crippen molar-refractivity contribution in [2.75, 3.05) is 6.54 Å². The van der Waals surface area contributed by atoms with Gasteiger partial charge in [-0.15, -0.1) is 0 Å². The molecule has 0 bridgehead atoms. The third kappa shape index (κ3) is 8.26. The van der Waals surface area contributed by atoms with E-state index in [-0.39, 0.29) is 11.8 Å². The molecule has 0 aromatic rings. The summed E-state index contributed by atoms with van der Waals surface area (Å²) in [5, 5.41) is 11.4. The summed E-state index contributed by atoms with van der Waals surface area (Å²) in [4.78, 5) is 21.8. The number of carbonyl (C=O) groups is 2. The van der Waals surface area contributed by atoms with E-state index in [1.165, 1.54) is 0 Å². The Labute approximate surface area is 97.4 Å². The summed E-state index contributed by atoms with van der Waals surface area (Å²) in [6, 6.07) is 0. The number of hydrogen-bond acceptors (Lipinski definition) is 2. The number of carboxylic acid groups (broad SMARTS) is 1. The van der Waals surface area contributed by atoms with E-state index in [9.17, 15) is 9.59 Å². The van der Waals surface area contributed by atoms with Crippen molar-refractivity contribution in [3.05, 3.63) is 0 Å². The maximum absolute atomic E-state index is 11.3. The van der Waals surface area contributed by atoms with Crippen LogP contribution in [0, 0.1) is 11.8 Å². The number of aliphatic carboxylic acids is 1. The molecule has 1 unspecified atom stereocenters. The summed E-state index contributed by atoms with van der Waals surface area (Å²) in [6.45, 7) is 6.43. The second kappa shape index (κ2) is 8.13. The predicted octanol–water partition coefficient (Wildman–Crippen LogP) is 2.04. The molecule has 1 amide bonds. The third-order valence-corrected chi connectivity index (χ3v) is 2.51. The fourth-order valence-electron chi connectivity index (χ4n) is 1.27. The van der Waals surface area contributed by atoms with Gasteiger partial charge < -0.3 is 10.4 Å². The van der Waals surface area contributed by atoms with Crippen LogP contribution in [0.3, 0.4) is 0 Å². The second-order valence-electron chi connectivity index (χ2n) is 4.66. The summed E-state index contributed by atoms with van der Waals surface area (Å²) < 4.78 is 0. The van der Waals surface area contributed by atoms with Crippen LogP contribution in [0.4, 0.5) is 0 Å². The zero-order valence-electron chi connectivity index (χ0n) is 10.5. The molecule has 0 heterocycles. The van der Waals surface area contributed by atoms with E-state index in [0.717, 1.165) is 12.8 Å².